The lowest BCUT2D eigenvalue weighted by Crippen LogP contribution is -2.42. The maximum absolute atomic E-state index is 12.5. The standard InChI is InChI=1S/C17H25NO2/c1-13(16(19)14-9-5-3-6-10-14)18(2)17(20)15-11-7-4-8-12-15/h3,5-6,9-10,13,15-16,19H,4,7-8,11-12H2,1-2H3. The van der Waals surface area contributed by atoms with Crippen LogP contribution in [0.2, 0.25) is 0 Å². The second-order valence-corrected chi connectivity index (χ2v) is 5.88. The van der Waals surface area contributed by atoms with Gasteiger partial charge in [-0.3, -0.25) is 4.79 Å². The fraction of sp³-hybridized carbons (Fsp3) is 0.588. The Labute approximate surface area is 121 Å². The van der Waals surface area contributed by atoms with Crippen molar-refractivity contribution in [3.63, 3.8) is 0 Å². The average Bonchev–Trinajstić information content (AvgIpc) is 2.53. The largest absolute Gasteiger partial charge is 0.386 e. The normalized spacial score (nSPS) is 19.4. The number of carbonyl (C=O) groups is 1. The van der Waals surface area contributed by atoms with Crippen LogP contribution in [0.25, 0.3) is 0 Å². The Kier molecular flexibility index (Phi) is 5.18. The quantitative estimate of drug-likeness (QED) is 0.917. The lowest BCUT2D eigenvalue weighted by Gasteiger charge is -2.33. The van der Waals surface area contributed by atoms with Gasteiger partial charge in [-0.1, -0.05) is 49.6 Å². The Bertz CT molecular complexity index is 426. The van der Waals surface area contributed by atoms with E-state index in [-0.39, 0.29) is 17.9 Å². The van der Waals surface area contributed by atoms with Gasteiger partial charge in [-0.25, -0.2) is 0 Å². The summed E-state index contributed by atoms with van der Waals surface area (Å²) in [4.78, 5) is 14.2. The fourth-order valence-corrected chi connectivity index (χ4v) is 2.98. The summed E-state index contributed by atoms with van der Waals surface area (Å²) < 4.78 is 0. The molecule has 1 fully saturated rings. The number of hydrogen-bond donors (Lipinski definition) is 1. The Morgan fingerprint density at radius 3 is 2.40 bits per heavy atom. The van der Waals surface area contributed by atoms with Crippen molar-refractivity contribution in [3.8, 4) is 0 Å². The van der Waals surface area contributed by atoms with Gasteiger partial charge >= 0.3 is 0 Å². The molecule has 3 nitrogen and oxygen atoms in total. The molecule has 110 valence electrons. The summed E-state index contributed by atoms with van der Waals surface area (Å²) in [5.74, 6) is 0.339. The third-order valence-electron chi connectivity index (χ3n) is 4.51. The minimum atomic E-state index is -0.631. The number of hydrogen-bond acceptors (Lipinski definition) is 2. The molecule has 0 spiro atoms. The van der Waals surface area contributed by atoms with Crippen LogP contribution in [0.15, 0.2) is 30.3 Å². The molecule has 1 N–H and O–H groups in total. The van der Waals surface area contributed by atoms with Gasteiger partial charge < -0.3 is 10.0 Å². The summed E-state index contributed by atoms with van der Waals surface area (Å²) in [7, 11) is 1.81. The first kappa shape index (κ1) is 15.0. The SMILES string of the molecule is CC(C(O)c1ccccc1)N(C)C(=O)C1CCCCC1. The first-order chi connectivity index (χ1) is 9.61. The van der Waals surface area contributed by atoms with E-state index in [0.29, 0.717) is 0 Å². The second kappa shape index (κ2) is 6.89. The van der Waals surface area contributed by atoms with E-state index in [1.54, 1.807) is 4.90 Å². The highest BCUT2D eigenvalue weighted by Gasteiger charge is 2.29. The number of aliphatic hydroxyl groups excluding tert-OH is 1. The maximum atomic E-state index is 12.5. The molecule has 0 saturated heterocycles. The summed E-state index contributed by atoms with van der Waals surface area (Å²) in [5, 5.41) is 10.4. The van der Waals surface area contributed by atoms with Crippen LogP contribution in [0.1, 0.15) is 50.7 Å². The van der Waals surface area contributed by atoms with Gasteiger partial charge in [0, 0.05) is 13.0 Å². The summed E-state index contributed by atoms with van der Waals surface area (Å²) in [5.41, 5.74) is 0.864. The molecule has 20 heavy (non-hydrogen) atoms. The molecular weight excluding hydrogens is 250 g/mol. The molecule has 1 saturated carbocycles. The highest BCUT2D eigenvalue weighted by molar-refractivity contribution is 5.79. The number of rotatable bonds is 4. The molecule has 2 unspecified atom stereocenters. The van der Waals surface area contributed by atoms with Crippen LogP contribution < -0.4 is 0 Å². The fourth-order valence-electron chi connectivity index (χ4n) is 2.98. The predicted molar refractivity (Wildman–Crippen MR) is 80.2 cm³/mol. The Morgan fingerprint density at radius 2 is 1.80 bits per heavy atom. The highest BCUT2D eigenvalue weighted by Crippen LogP contribution is 2.27. The average molecular weight is 275 g/mol. The van der Waals surface area contributed by atoms with Crippen molar-refractivity contribution in [2.24, 2.45) is 5.92 Å². The summed E-state index contributed by atoms with van der Waals surface area (Å²) in [6, 6.07) is 9.35. The molecule has 1 aliphatic rings. The second-order valence-electron chi connectivity index (χ2n) is 5.88. The maximum Gasteiger partial charge on any atom is 0.225 e. The number of aliphatic hydroxyl groups is 1. The molecule has 0 aliphatic heterocycles. The molecule has 1 aromatic carbocycles. The molecule has 3 heteroatoms. The molecule has 2 rings (SSSR count). The zero-order chi connectivity index (χ0) is 14.5. The monoisotopic (exact) mass is 275 g/mol. The van der Waals surface area contributed by atoms with Crippen LogP contribution in [0, 0.1) is 5.92 Å². The van der Waals surface area contributed by atoms with E-state index in [9.17, 15) is 9.90 Å². The molecule has 0 aromatic heterocycles. The van der Waals surface area contributed by atoms with Crippen molar-refractivity contribution in [1.82, 2.24) is 4.90 Å². The molecule has 1 aromatic rings. The molecule has 0 radical (unpaired) electrons. The lowest BCUT2D eigenvalue weighted by molar-refractivity contribution is -0.139. The van der Waals surface area contributed by atoms with E-state index in [0.717, 1.165) is 31.2 Å². The van der Waals surface area contributed by atoms with Gasteiger partial charge in [0.05, 0.1) is 12.1 Å². The van der Waals surface area contributed by atoms with E-state index >= 15 is 0 Å². The predicted octanol–water partition coefficient (Wildman–Crippen LogP) is 3.15. The van der Waals surface area contributed by atoms with E-state index in [4.69, 9.17) is 0 Å². The van der Waals surface area contributed by atoms with E-state index < -0.39 is 6.10 Å². The number of likely N-dealkylation sites (N-methyl/N-ethyl adjacent to an activating group) is 1. The van der Waals surface area contributed by atoms with Crippen LogP contribution in [-0.4, -0.2) is 29.0 Å². The van der Waals surface area contributed by atoms with Crippen molar-refractivity contribution in [2.75, 3.05) is 7.05 Å². The zero-order valence-electron chi connectivity index (χ0n) is 12.5. The van der Waals surface area contributed by atoms with Crippen molar-refractivity contribution >= 4 is 5.91 Å². The Morgan fingerprint density at radius 1 is 1.20 bits per heavy atom. The number of nitrogens with zero attached hydrogens (tertiary/aromatic N) is 1. The number of carbonyl (C=O) groups excluding carboxylic acids is 1. The molecule has 1 amide bonds. The van der Waals surface area contributed by atoms with Crippen LogP contribution in [0.5, 0.6) is 0 Å². The van der Waals surface area contributed by atoms with Crippen molar-refractivity contribution in [1.29, 1.82) is 0 Å². The van der Waals surface area contributed by atoms with Gasteiger partial charge in [0.25, 0.3) is 0 Å². The zero-order valence-corrected chi connectivity index (χ0v) is 12.5. The van der Waals surface area contributed by atoms with Gasteiger partial charge in [-0.05, 0) is 25.3 Å². The minimum Gasteiger partial charge on any atom is -0.386 e. The van der Waals surface area contributed by atoms with Crippen molar-refractivity contribution < 1.29 is 9.90 Å². The van der Waals surface area contributed by atoms with Crippen LogP contribution in [0.4, 0.5) is 0 Å². The molecular formula is C17H25NO2. The van der Waals surface area contributed by atoms with Crippen molar-refractivity contribution in [2.45, 2.75) is 51.2 Å². The van der Waals surface area contributed by atoms with Crippen LogP contribution >= 0.6 is 0 Å². The first-order valence-corrected chi connectivity index (χ1v) is 7.61. The smallest absolute Gasteiger partial charge is 0.225 e. The molecule has 0 heterocycles. The van der Waals surface area contributed by atoms with Crippen molar-refractivity contribution in [3.05, 3.63) is 35.9 Å². The minimum absolute atomic E-state index is 0.152. The first-order valence-electron chi connectivity index (χ1n) is 7.61. The third kappa shape index (κ3) is 3.40. The molecule has 1 aliphatic carbocycles. The topological polar surface area (TPSA) is 40.5 Å². The van der Waals surface area contributed by atoms with Gasteiger partial charge in [-0.15, -0.1) is 0 Å². The highest BCUT2D eigenvalue weighted by atomic mass is 16.3. The summed E-state index contributed by atoms with van der Waals surface area (Å²) >= 11 is 0. The Balaban J connectivity index is 2.00. The van der Waals surface area contributed by atoms with E-state index in [1.807, 2.05) is 44.3 Å². The van der Waals surface area contributed by atoms with Gasteiger partial charge in [-0.2, -0.15) is 0 Å². The summed E-state index contributed by atoms with van der Waals surface area (Å²) in [6.07, 6.45) is 4.91. The molecule has 2 atom stereocenters. The third-order valence-corrected chi connectivity index (χ3v) is 4.51. The van der Waals surface area contributed by atoms with E-state index in [2.05, 4.69) is 0 Å². The number of benzene rings is 1. The van der Waals surface area contributed by atoms with E-state index in [1.165, 1.54) is 6.42 Å². The van der Waals surface area contributed by atoms with Gasteiger partial charge in [0.15, 0.2) is 0 Å². The van der Waals surface area contributed by atoms with Crippen LogP contribution in [0.3, 0.4) is 0 Å². The van der Waals surface area contributed by atoms with Crippen LogP contribution in [-0.2, 0) is 4.79 Å². The summed E-state index contributed by atoms with van der Waals surface area (Å²) in [6.45, 7) is 1.92. The number of amides is 1. The van der Waals surface area contributed by atoms with Gasteiger partial charge in [0.1, 0.15) is 0 Å². The lowest BCUT2D eigenvalue weighted by atomic mass is 9.88. The Hall–Kier alpha value is -1.35. The van der Waals surface area contributed by atoms with Gasteiger partial charge in [0.2, 0.25) is 5.91 Å². The molecule has 0 bridgehead atoms.